The zero-order chi connectivity index (χ0) is 18.4. The molecule has 0 amide bonds. The second-order valence-corrected chi connectivity index (χ2v) is 6.61. The van der Waals surface area contributed by atoms with Crippen molar-refractivity contribution in [3.8, 4) is 5.75 Å². The molecule has 6 heteroatoms. The molecule has 138 valence electrons. The van der Waals surface area contributed by atoms with Gasteiger partial charge in [-0.15, -0.1) is 0 Å². The van der Waals surface area contributed by atoms with Gasteiger partial charge in [0.15, 0.2) is 6.29 Å². The highest BCUT2D eigenvalue weighted by Gasteiger charge is 2.35. The van der Waals surface area contributed by atoms with Crippen molar-refractivity contribution in [1.29, 1.82) is 0 Å². The minimum Gasteiger partial charge on any atom is -0.508 e. The normalized spacial score (nSPS) is 24.1. The molecule has 25 heavy (non-hydrogen) atoms. The van der Waals surface area contributed by atoms with Gasteiger partial charge in [0.25, 0.3) is 0 Å². The molecule has 0 radical (unpaired) electrons. The third-order valence-corrected chi connectivity index (χ3v) is 4.15. The van der Waals surface area contributed by atoms with E-state index in [0.29, 0.717) is 25.0 Å². The van der Waals surface area contributed by atoms with Crippen molar-refractivity contribution < 1.29 is 28.9 Å². The Hall–Kier alpha value is -1.92. The summed E-state index contributed by atoms with van der Waals surface area (Å²) in [5.41, 5.74) is 0.415. The van der Waals surface area contributed by atoms with Crippen LogP contribution in [0.3, 0.4) is 0 Å². The fourth-order valence-corrected chi connectivity index (χ4v) is 2.82. The predicted molar refractivity (Wildman–Crippen MR) is 90.6 cm³/mol. The van der Waals surface area contributed by atoms with E-state index in [1.54, 1.807) is 0 Å². The Morgan fingerprint density at radius 2 is 2.16 bits per heavy atom. The lowest BCUT2D eigenvalue weighted by Crippen LogP contribution is -2.37. The molecule has 1 aliphatic rings. The quantitative estimate of drug-likeness (QED) is 0.725. The van der Waals surface area contributed by atoms with E-state index in [1.807, 2.05) is 26.0 Å². The van der Waals surface area contributed by atoms with E-state index < -0.39 is 24.2 Å². The molecule has 3 atom stereocenters. The first-order chi connectivity index (χ1) is 11.9. The molecule has 0 aliphatic carbocycles. The molecular weight excluding hydrogens is 327 g/mol. The van der Waals surface area contributed by atoms with Crippen LogP contribution < -0.4 is 0 Å². The third kappa shape index (κ3) is 5.54. The smallest absolute Gasteiger partial charge is 0.303 e. The Morgan fingerprint density at radius 1 is 1.40 bits per heavy atom. The summed E-state index contributed by atoms with van der Waals surface area (Å²) in [6.45, 7) is 4.37. The van der Waals surface area contributed by atoms with Crippen LogP contribution >= 0.6 is 0 Å². The maximum Gasteiger partial charge on any atom is 0.303 e. The van der Waals surface area contributed by atoms with Crippen molar-refractivity contribution >= 4 is 5.97 Å². The Bertz CT molecular complexity index is 614. The zero-order valence-corrected chi connectivity index (χ0v) is 14.5. The molecule has 3 unspecified atom stereocenters. The number of benzene rings is 1. The van der Waals surface area contributed by atoms with Gasteiger partial charge in [0, 0.05) is 23.8 Å². The molecule has 0 aromatic heterocycles. The summed E-state index contributed by atoms with van der Waals surface area (Å²) in [7, 11) is 0. The number of ether oxygens (including phenoxy) is 2. The van der Waals surface area contributed by atoms with E-state index in [9.17, 15) is 14.3 Å². The molecular formula is C19H25FO5. The van der Waals surface area contributed by atoms with Crippen LogP contribution in [0.25, 0.3) is 0 Å². The van der Waals surface area contributed by atoms with Crippen LogP contribution in [0.2, 0.25) is 0 Å². The van der Waals surface area contributed by atoms with Crippen LogP contribution in [0.5, 0.6) is 5.75 Å². The number of halogens is 1. The number of phenols is 1. The summed E-state index contributed by atoms with van der Waals surface area (Å²) in [6.07, 6.45) is 3.92. The Balaban J connectivity index is 2.13. The van der Waals surface area contributed by atoms with E-state index in [1.165, 1.54) is 18.2 Å². The van der Waals surface area contributed by atoms with E-state index >= 15 is 0 Å². The van der Waals surface area contributed by atoms with Gasteiger partial charge >= 0.3 is 5.97 Å². The van der Waals surface area contributed by atoms with Crippen LogP contribution in [0.15, 0.2) is 30.4 Å². The molecule has 1 saturated heterocycles. The lowest BCUT2D eigenvalue weighted by molar-refractivity contribution is -0.255. The minimum absolute atomic E-state index is 0.00402. The van der Waals surface area contributed by atoms with Crippen LogP contribution in [0, 0.1) is 17.7 Å². The number of carboxylic acids is 1. The maximum absolute atomic E-state index is 13.6. The second kappa shape index (κ2) is 8.97. The molecule has 2 rings (SSSR count). The molecule has 1 aromatic rings. The molecule has 1 heterocycles. The number of aromatic hydroxyl groups is 1. The van der Waals surface area contributed by atoms with E-state index in [2.05, 4.69) is 0 Å². The lowest BCUT2D eigenvalue weighted by Gasteiger charge is -2.38. The number of aliphatic carboxylic acids is 1. The largest absolute Gasteiger partial charge is 0.508 e. The highest BCUT2D eigenvalue weighted by atomic mass is 19.1. The first-order valence-corrected chi connectivity index (χ1v) is 8.50. The Kier molecular flexibility index (Phi) is 6.96. The first-order valence-electron chi connectivity index (χ1n) is 8.50. The van der Waals surface area contributed by atoms with Crippen LogP contribution in [0.4, 0.5) is 4.39 Å². The molecule has 1 aliphatic heterocycles. The number of hydrogen-bond acceptors (Lipinski definition) is 4. The average Bonchev–Trinajstić information content (AvgIpc) is 2.56. The number of allylic oxidation sites excluding steroid dienone is 2. The van der Waals surface area contributed by atoms with Crippen molar-refractivity contribution in [3.63, 3.8) is 0 Å². The summed E-state index contributed by atoms with van der Waals surface area (Å²) in [5, 5.41) is 18.8. The van der Waals surface area contributed by atoms with E-state index in [-0.39, 0.29) is 24.0 Å². The summed E-state index contributed by atoms with van der Waals surface area (Å²) < 4.78 is 25.4. The number of phenolic OH excluding ortho intramolecular Hbond substituents is 1. The topological polar surface area (TPSA) is 76.0 Å². The highest BCUT2D eigenvalue weighted by Crippen LogP contribution is 2.40. The predicted octanol–water partition coefficient (Wildman–Crippen LogP) is 4.03. The van der Waals surface area contributed by atoms with Gasteiger partial charge in [-0.3, -0.25) is 4.79 Å². The summed E-state index contributed by atoms with van der Waals surface area (Å²) in [4.78, 5) is 10.5. The fraction of sp³-hybridized carbons (Fsp3) is 0.526. The monoisotopic (exact) mass is 352 g/mol. The SMILES string of the molecule is CC(C)C1OCC(C/C=C\CCC(=O)O)C(c2cc(F)ccc2O)O1. The van der Waals surface area contributed by atoms with Crippen molar-refractivity contribution in [2.45, 2.75) is 45.5 Å². The molecule has 2 N–H and O–H groups in total. The van der Waals surface area contributed by atoms with Gasteiger partial charge in [-0.2, -0.15) is 0 Å². The van der Waals surface area contributed by atoms with Gasteiger partial charge in [0.05, 0.1) is 12.7 Å². The van der Waals surface area contributed by atoms with Crippen molar-refractivity contribution in [1.82, 2.24) is 0 Å². The van der Waals surface area contributed by atoms with Gasteiger partial charge in [0.2, 0.25) is 0 Å². The third-order valence-electron chi connectivity index (χ3n) is 4.15. The van der Waals surface area contributed by atoms with Gasteiger partial charge in [-0.05, 0) is 31.0 Å². The lowest BCUT2D eigenvalue weighted by atomic mass is 9.91. The van der Waals surface area contributed by atoms with Crippen LogP contribution in [0.1, 0.15) is 44.8 Å². The number of carbonyl (C=O) groups is 1. The zero-order valence-electron chi connectivity index (χ0n) is 14.5. The van der Waals surface area contributed by atoms with Gasteiger partial charge < -0.3 is 19.7 Å². The number of hydrogen-bond donors (Lipinski definition) is 2. The standard InChI is InChI=1S/C19H25FO5/c1-12(2)19-24-11-13(6-4-3-5-7-17(22)23)18(25-19)15-10-14(20)8-9-16(15)21/h3-4,8-10,12-13,18-19,21H,5-7,11H2,1-2H3,(H,22,23)/b4-3-. The fourth-order valence-electron chi connectivity index (χ4n) is 2.82. The highest BCUT2D eigenvalue weighted by molar-refractivity contribution is 5.66. The molecule has 0 saturated carbocycles. The van der Waals surface area contributed by atoms with Crippen LogP contribution in [-0.4, -0.2) is 29.1 Å². The molecule has 1 aromatic carbocycles. The van der Waals surface area contributed by atoms with Gasteiger partial charge in [0.1, 0.15) is 11.6 Å². The van der Waals surface area contributed by atoms with Gasteiger partial charge in [-0.25, -0.2) is 4.39 Å². The molecule has 5 nitrogen and oxygen atoms in total. The van der Waals surface area contributed by atoms with E-state index in [0.717, 1.165) is 0 Å². The molecule has 1 fully saturated rings. The Morgan fingerprint density at radius 3 is 2.84 bits per heavy atom. The summed E-state index contributed by atoms with van der Waals surface area (Å²) in [6, 6.07) is 3.83. The Labute approximate surface area is 147 Å². The van der Waals surface area contributed by atoms with E-state index in [4.69, 9.17) is 14.6 Å². The number of carboxylic acid groups (broad SMARTS) is 1. The van der Waals surface area contributed by atoms with Gasteiger partial charge in [-0.1, -0.05) is 26.0 Å². The molecule has 0 spiro atoms. The summed E-state index contributed by atoms with van der Waals surface area (Å²) in [5.74, 6) is -1.24. The van der Waals surface area contributed by atoms with Crippen molar-refractivity contribution in [2.75, 3.05) is 6.61 Å². The van der Waals surface area contributed by atoms with Crippen molar-refractivity contribution in [3.05, 3.63) is 41.7 Å². The molecule has 0 bridgehead atoms. The van der Waals surface area contributed by atoms with Crippen LogP contribution in [-0.2, 0) is 14.3 Å². The maximum atomic E-state index is 13.6. The van der Waals surface area contributed by atoms with Crippen molar-refractivity contribution in [2.24, 2.45) is 11.8 Å². The minimum atomic E-state index is -0.837. The summed E-state index contributed by atoms with van der Waals surface area (Å²) >= 11 is 0. The first kappa shape index (κ1) is 19.4. The second-order valence-electron chi connectivity index (χ2n) is 6.61. The average molecular weight is 352 g/mol. The number of rotatable bonds is 7.